The molecule has 0 saturated heterocycles. The van der Waals surface area contributed by atoms with Gasteiger partial charge in [-0.05, 0) is 6.42 Å². The maximum Gasteiger partial charge on any atom is 0.308 e. The molecule has 0 rings (SSSR count). The number of carbonyl (C=O) groups excluding carboxylic acids is 3. The largest absolute Gasteiger partial charge is 0.426 e. The van der Waals surface area contributed by atoms with Crippen LogP contribution in [0.4, 0.5) is 0 Å². The number of unbranched alkanes of at least 4 members (excludes halogenated alkanes) is 2. The number of rotatable bonds is 11. The summed E-state index contributed by atoms with van der Waals surface area (Å²) in [7, 11) is 0. The van der Waals surface area contributed by atoms with Gasteiger partial charge in [0.25, 0.3) is 5.79 Å². The fourth-order valence-electron chi connectivity index (χ4n) is 2.08. The molecule has 22 heavy (non-hydrogen) atoms. The van der Waals surface area contributed by atoms with E-state index < -0.39 is 35.5 Å². The molecular formula is C15H26O7. The zero-order valence-corrected chi connectivity index (χ0v) is 13.4. The van der Waals surface area contributed by atoms with Crippen molar-refractivity contribution in [2.45, 2.75) is 70.7 Å². The lowest BCUT2D eigenvalue weighted by Gasteiger charge is -2.38. The fraction of sp³-hybridized carbons (Fsp3) is 0.800. The van der Waals surface area contributed by atoms with Crippen LogP contribution >= 0.6 is 0 Å². The fourth-order valence-corrected chi connectivity index (χ4v) is 2.08. The van der Waals surface area contributed by atoms with Crippen LogP contribution < -0.4 is 0 Å². The molecule has 128 valence electrons. The van der Waals surface area contributed by atoms with Crippen molar-refractivity contribution in [3.8, 4) is 0 Å². The van der Waals surface area contributed by atoms with Crippen molar-refractivity contribution >= 4 is 17.5 Å². The van der Waals surface area contributed by atoms with Crippen LogP contribution in [-0.4, -0.2) is 50.9 Å². The molecular weight excluding hydrogens is 292 g/mol. The molecule has 0 amide bonds. The first-order valence-corrected chi connectivity index (χ1v) is 7.57. The van der Waals surface area contributed by atoms with Crippen LogP contribution in [0.2, 0.25) is 0 Å². The summed E-state index contributed by atoms with van der Waals surface area (Å²) in [6.07, 6.45) is 1.55. The first kappa shape index (κ1) is 20.7. The Hall–Kier alpha value is -1.31. The Balaban J connectivity index is 5.39. The highest BCUT2D eigenvalue weighted by Gasteiger charge is 2.61. The normalized spacial score (nSPS) is 14.3. The van der Waals surface area contributed by atoms with E-state index in [4.69, 9.17) is 4.74 Å². The molecule has 7 heteroatoms. The van der Waals surface area contributed by atoms with Gasteiger partial charge >= 0.3 is 5.97 Å². The first-order chi connectivity index (χ1) is 10.2. The van der Waals surface area contributed by atoms with Crippen molar-refractivity contribution < 1.29 is 34.4 Å². The number of hydrogen-bond acceptors (Lipinski definition) is 7. The lowest BCUT2D eigenvalue weighted by atomic mass is 9.82. The number of hydrogen-bond donors (Lipinski definition) is 3. The zero-order valence-electron chi connectivity index (χ0n) is 13.4. The van der Waals surface area contributed by atoms with Crippen LogP contribution in [0.5, 0.6) is 0 Å². The number of ether oxygens (including phenoxy) is 1. The lowest BCUT2D eigenvalue weighted by molar-refractivity contribution is -0.281. The summed E-state index contributed by atoms with van der Waals surface area (Å²) in [5, 5.41) is 30.0. The van der Waals surface area contributed by atoms with Crippen LogP contribution in [0.25, 0.3) is 0 Å². The Labute approximate surface area is 130 Å². The molecule has 0 aromatic rings. The monoisotopic (exact) mass is 318 g/mol. The Morgan fingerprint density at radius 2 is 1.45 bits per heavy atom. The second kappa shape index (κ2) is 8.97. The topological polar surface area (TPSA) is 121 Å². The van der Waals surface area contributed by atoms with E-state index in [0.717, 1.165) is 12.8 Å². The molecule has 7 nitrogen and oxygen atoms in total. The van der Waals surface area contributed by atoms with Gasteiger partial charge in [0, 0.05) is 19.3 Å². The maximum atomic E-state index is 11.9. The van der Waals surface area contributed by atoms with Crippen molar-refractivity contribution in [3.63, 3.8) is 0 Å². The summed E-state index contributed by atoms with van der Waals surface area (Å²) in [6.45, 7) is 3.45. The summed E-state index contributed by atoms with van der Waals surface area (Å²) in [6, 6.07) is 0. The minimum absolute atomic E-state index is 0.0487. The molecule has 0 radical (unpaired) electrons. The maximum absolute atomic E-state index is 11.9. The van der Waals surface area contributed by atoms with Gasteiger partial charge in [-0.2, -0.15) is 0 Å². The number of aliphatic hydroxyl groups is 3. The van der Waals surface area contributed by atoms with Gasteiger partial charge in [0.05, 0.1) is 0 Å². The quantitative estimate of drug-likeness (QED) is 0.219. The minimum Gasteiger partial charge on any atom is -0.426 e. The molecule has 0 aliphatic carbocycles. The third-order valence-electron chi connectivity index (χ3n) is 3.50. The van der Waals surface area contributed by atoms with E-state index in [1.807, 2.05) is 6.92 Å². The van der Waals surface area contributed by atoms with Gasteiger partial charge in [-0.3, -0.25) is 14.4 Å². The van der Waals surface area contributed by atoms with E-state index in [-0.39, 0.29) is 19.3 Å². The minimum atomic E-state index is -2.98. The van der Waals surface area contributed by atoms with E-state index in [0.29, 0.717) is 6.42 Å². The second-order valence-corrected chi connectivity index (χ2v) is 5.14. The van der Waals surface area contributed by atoms with Gasteiger partial charge in [-0.25, -0.2) is 0 Å². The Morgan fingerprint density at radius 1 is 0.955 bits per heavy atom. The SMILES string of the molecule is CCCCCC(=O)OC(O)(CO)C(O)(C(=O)CC)C(=O)CC. The zero-order chi connectivity index (χ0) is 17.4. The third kappa shape index (κ3) is 4.34. The average Bonchev–Trinajstić information content (AvgIpc) is 2.52. The first-order valence-electron chi connectivity index (χ1n) is 7.57. The van der Waals surface area contributed by atoms with Crippen molar-refractivity contribution in [1.82, 2.24) is 0 Å². The molecule has 0 aliphatic rings. The molecule has 3 N–H and O–H groups in total. The molecule has 0 spiro atoms. The molecule has 0 aromatic heterocycles. The van der Waals surface area contributed by atoms with Gasteiger partial charge in [-0.1, -0.05) is 33.6 Å². The highest BCUT2D eigenvalue weighted by molar-refractivity contribution is 6.11. The Kier molecular flexibility index (Phi) is 8.44. The molecule has 1 atom stereocenters. The van der Waals surface area contributed by atoms with Crippen LogP contribution in [-0.2, 0) is 19.1 Å². The molecule has 0 saturated carbocycles. The van der Waals surface area contributed by atoms with E-state index in [2.05, 4.69) is 0 Å². The number of ketones is 2. The number of carbonyl (C=O) groups is 3. The van der Waals surface area contributed by atoms with E-state index in [1.54, 1.807) is 0 Å². The van der Waals surface area contributed by atoms with Crippen LogP contribution in [0.15, 0.2) is 0 Å². The van der Waals surface area contributed by atoms with E-state index in [1.165, 1.54) is 13.8 Å². The number of Topliss-reactive ketones (excluding diaryl/α,β-unsaturated/α-hetero) is 2. The van der Waals surface area contributed by atoms with Crippen molar-refractivity contribution in [2.24, 2.45) is 0 Å². The van der Waals surface area contributed by atoms with E-state index in [9.17, 15) is 29.7 Å². The third-order valence-corrected chi connectivity index (χ3v) is 3.50. The predicted octanol–water partition coefficient (Wildman–Crippen LogP) is 0.480. The van der Waals surface area contributed by atoms with Crippen LogP contribution in [0, 0.1) is 0 Å². The van der Waals surface area contributed by atoms with Gasteiger partial charge in [-0.15, -0.1) is 0 Å². The van der Waals surface area contributed by atoms with Gasteiger partial charge in [0.1, 0.15) is 6.61 Å². The van der Waals surface area contributed by atoms with Gasteiger partial charge in [0.2, 0.25) is 5.60 Å². The molecule has 0 bridgehead atoms. The van der Waals surface area contributed by atoms with Crippen molar-refractivity contribution in [2.75, 3.05) is 6.61 Å². The van der Waals surface area contributed by atoms with Crippen molar-refractivity contribution in [3.05, 3.63) is 0 Å². The second-order valence-electron chi connectivity index (χ2n) is 5.14. The average molecular weight is 318 g/mol. The summed E-state index contributed by atoms with van der Waals surface area (Å²) in [5.74, 6) is -5.90. The van der Waals surface area contributed by atoms with Gasteiger partial charge in [0.15, 0.2) is 11.6 Å². The molecule has 1 unspecified atom stereocenters. The van der Waals surface area contributed by atoms with Gasteiger partial charge < -0.3 is 20.1 Å². The smallest absolute Gasteiger partial charge is 0.308 e. The summed E-state index contributed by atoms with van der Waals surface area (Å²) < 4.78 is 4.72. The lowest BCUT2D eigenvalue weighted by Crippen LogP contribution is -2.67. The molecule has 0 aliphatic heterocycles. The Morgan fingerprint density at radius 3 is 1.82 bits per heavy atom. The van der Waals surface area contributed by atoms with Crippen molar-refractivity contribution in [1.29, 1.82) is 0 Å². The predicted molar refractivity (Wildman–Crippen MR) is 77.8 cm³/mol. The van der Waals surface area contributed by atoms with Crippen LogP contribution in [0.3, 0.4) is 0 Å². The van der Waals surface area contributed by atoms with E-state index >= 15 is 0 Å². The standard InChI is InChI=1S/C15H26O7/c1-4-7-8-9-13(19)22-14(20,10-16)15(21,11(17)5-2)12(18)6-3/h16,20-21H,4-10H2,1-3H3. The Bertz CT molecular complexity index is 389. The summed E-state index contributed by atoms with van der Waals surface area (Å²) in [5.41, 5.74) is -2.97. The number of aliphatic hydroxyl groups excluding tert-OH is 1. The summed E-state index contributed by atoms with van der Waals surface area (Å²) >= 11 is 0. The highest BCUT2D eigenvalue weighted by Crippen LogP contribution is 2.29. The summed E-state index contributed by atoms with van der Waals surface area (Å²) in [4.78, 5) is 35.6. The molecule has 0 fully saturated rings. The molecule has 0 heterocycles. The number of esters is 1. The molecule has 0 aromatic carbocycles. The van der Waals surface area contributed by atoms with Crippen LogP contribution in [0.1, 0.15) is 59.3 Å². The highest BCUT2D eigenvalue weighted by atomic mass is 16.7.